The molecule has 1 aliphatic rings. The van der Waals surface area contributed by atoms with E-state index in [1.807, 2.05) is 24.4 Å². The molecule has 0 bridgehead atoms. The summed E-state index contributed by atoms with van der Waals surface area (Å²) in [6, 6.07) is 5.42. The number of rotatable bonds is 3. The molecule has 0 spiro atoms. The first-order valence-corrected chi connectivity index (χ1v) is 9.36. The zero-order valence-corrected chi connectivity index (χ0v) is 15.4. The van der Waals surface area contributed by atoms with Crippen LogP contribution in [0.3, 0.4) is 0 Å². The van der Waals surface area contributed by atoms with Crippen LogP contribution in [0.5, 0.6) is 5.75 Å². The number of nitrogens with zero attached hydrogens (tertiary/aromatic N) is 3. The van der Waals surface area contributed by atoms with Gasteiger partial charge in [-0.05, 0) is 49.8 Å². The third-order valence-electron chi connectivity index (χ3n) is 4.98. The van der Waals surface area contributed by atoms with Gasteiger partial charge in [0.25, 0.3) is 5.56 Å². The highest BCUT2D eigenvalue weighted by atomic mass is 32.1. The Morgan fingerprint density at radius 1 is 1.35 bits per heavy atom. The van der Waals surface area contributed by atoms with Gasteiger partial charge in [0.1, 0.15) is 5.75 Å². The number of benzene rings is 1. The molecule has 136 valence electrons. The molecule has 2 atom stereocenters. The summed E-state index contributed by atoms with van der Waals surface area (Å²) in [5, 5.41) is 34.6. The van der Waals surface area contributed by atoms with E-state index < -0.39 is 5.60 Å². The average molecular weight is 372 g/mol. The van der Waals surface area contributed by atoms with Gasteiger partial charge in [0.05, 0.1) is 11.2 Å². The van der Waals surface area contributed by atoms with Crippen LogP contribution in [-0.4, -0.2) is 36.6 Å². The smallest absolute Gasteiger partial charge is 0.281 e. The second kappa shape index (κ2) is 6.07. The third-order valence-corrected chi connectivity index (χ3v) is 5.86. The van der Waals surface area contributed by atoms with Gasteiger partial charge in [-0.2, -0.15) is 0 Å². The summed E-state index contributed by atoms with van der Waals surface area (Å²) in [6.07, 6.45) is 2.11. The molecule has 1 saturated carbocycles. The highest BCUT2D eigenvalue weighted by molar-refractivity contribution is 7.17. The monoisotopic (exact) mass is 372 g/mol. The molecule has 0 saturated heterocycles. The minimum absolute atomic E-state index is 0.0442. The molecule has 4 rings (SSSR count). The number of phenols is 1. The first-order chi connectivity index (χ1) is 12.4. The number of thiophene rings is 1. The molecule has 0 aliphatic heterocycles. The average Bonchev–Trinajstić information content (AvgIpc) is 3.20. The lowest BCUT2D eigenvalue weighted by Gasteiger charge is -2.18. The Bertz CT molecular complexity index is 1040. The Balaban J connectivity index is 1.69. The van der Waals surface area contributed by atoms with Crippen molar-refractivity contribution in [3.8, 4) is 17.0 Å². The zero-order valence-electron chi connectivity index (χ0n) is 14.6. The third kappa shape index (κ3) is 2.85. The number of fused-ring (bicyclic) bond motifs is 1. The normalized spacial score (nSPS) is 22.8. The lowest BCUT2D eigenvalue weighted by molar-refractivity contribution is 0.0672. The summed E-state index contributed by atoms with van der Waals surface area (Å²) in [5.74, 6) is 0.403. The highest BCUT2D eigenvalue weighted by Gasteiger charge is 2.33. The molecule has 2 heterocycles. The molecule has 0 unspecified atom stereocenters. The van der Waals surface area contributed by atoms with E-state index in [0.717, 1.165) is 11.1 Å². The summed E-state index contributed by atoms with van der Waals surface area (Å²) in [7, 11) is 1.62. The summed E-state index contributed by atoms with van der Waals surface area (Å²) in [5.41, 5.74) is -0.537. The van der Waals surface area contributed by atoms with Gasteiger partial charge < -0.3 is 15.5 Å². The Kier molecular flexibility index (Phi) is 3.96. The second-order valence-corrected chi connectivity index (χ2v) is 8.06. The largest absolute Gasteiger partial charge is 0.507 e. The van der Waals surface area contributed by atoms with Crippen molar-refractivity contribution in [3.05, 3.63) is 33.9 Å². The van der Waals surface area contributed by atoms with Crippen LogP contribution >= 0.6 is 11.3 Å². The van der Waals surface area contributed by atoms with Crippen molar-refractivity contribution >= 4 is 27.4 Å². The molecule has 8 heteroatoms. The first-order valence-electron chi connectivity index (χ1n) is 8.48. The molecule has 26 heavy (non-hydrogen) atoms. The maximum atomic E-state index is 12.8. The molecule has 0 radical (unpaired) electrons. The fourth-order valence-corrected chi connectivity index (χ4v) is 4.29. The molecule has 3 N–H and O–H groups in total. The van der Waals surface area contributed by atoms with Gasteiger partial charge in [-0.25, -0.2) is 0 Å². The van der Waals surface area contributed by atoms with E-state index >= 15 is 0 Å². The van der Waals surface area contributed by atoms with Crippen LogP contribution in [0, 0.1) is 0 Å². The van der Waals surface area contributed by atoms with Crippen LogP contribution < -0.4 is 10.9 Å². The number of nitrogens with one attached hydrogen (secondary N) is 1. The van der Waals surface area contributed by atoms with Crippen LogP contribution in [0.4, 0.5) is 5.95 Å². The topological polar surface area (TPSA) is 100 Å². The SMILES string of the molecule is Cn1c(N[C@@H]2CC[C@@](C)(O)C2)nnc(-c2ccc3sccc3c2O)c1=O. The zero-order chi connectivity index (χ0) is 18.5. The number of aromatic nitrogens is 3. The number of aliphatic hydroxyl groups is 1. The summed E-state index contributed by atoms with van der Waals surface area (Å²) in [6.45, 7) is 1.81. The molecule has 1 aliphatic carbocycles. The van der Waals surface area contributed by atoms with E-state index in [0.29, 0.717) is 29.7 Å². The number of hydrogen-bond donors (Lipinski definition) is 3. The van der Waals surface area contributed by atoms with Crippen molar-refractivity contribution < 1.29 is 10.2 Å². The maximum absolute atomic E-state index is 12.8. The van der Waals surface area contributed by atoms with E-state index in [9.17, 15) is 15.0 Å². The standard InChI is InChI=1S/C18H20N4O3S/c1-18(25)7-5-10(9-18)19-17-21-20-14(16(24)22(17)2)12-3-4-13-11(15(12)23)6-8-26-13/h3-4,6,8,10,23,25H,5,7,9H2,1-2H3,(H,19,21)/t10-,18-/m1/s1. The Morgan fingerprint density at radius 3 is 2.88 bits per heavy atom. The van der Waals surface area contributed by atoms with Crippen LogP contribution in [0.15, 0.2) is 28.4 Å². The Morgan fingerprint density at radius 2 is 2.15 bits per heavy atom. The van der Waals surface area contributed by atoms with Crippen molar-refractivity contribution in [2.75, 3.05) is 5.32 Å². The van der Waals surface area contributed by atoms with Gasteiger partial charge in [-0.1, -0.05) is 0 Å². The van der Waals surface area contributed by atoms with Crippen LogP contribution in [0.2, 0.25) is 0 Å². The first kappa shape index (κ1) is 17.0. The number of aromatic hydroxyl groups is 1. The van der Waals surface area contributed by atoms with Crippen molar-refractivity contribution in [2.45, 2.75) is 37.8 Å². The van der Waals surface area contributed by atoms with Crippen molar-refractivity contribution in [1.29, 1.82) is 0 Å². The molecule has 2 aromatic heterocycles. The molecule has 7 nitrogen and oxygen atoms in total. The quantitative estimate of drug-likeness (QED) is 0.653. The second-order valence-electron chi connectivity index (χ2n) is 7.11. The van der Waals surface area contributed by atoms with Crippen molar-refractivity contribution in [2.24, 2.45) is 7.05 Å². The van der Waals surface area contributed by atoms with Gasteiger partial charge >= 0.3 is 0 Å². The lowest BCUT2D eigenvalue weighted by Crippen LogP contribution is -2.29. The molecular weight excluding hydrogens is 352 g/mol. The van der Waals surface area contributed by atoms with Crippen LogP contribution in [0.25, 0.3) is 21.3 Å². The Hall–Kier alpha value is -2.45. The minimum atomic E-state index is -0.689. The van der Waals surface area contributed by atoms with E-state index in [-0.39, 0.29) is 23.0 Å². The van der Waals surface area contributed by atoms with Crippen LogP contribution in [-0.2, 0) is 7.05 Å². The predicted octanol–water partition coefficient (Wildman–Crippen LogP) is 2.48. The van der Waals surface area contributed by atoms with E-state index in [2.05, 4.69) is 15.5 Å². The molecule has 1 fully saturated rings. The van der Waals surface area contributed by atoms with E-state index in [4.69, 9.17) is 0 Å². The fraction of sp³-hybridized carbons (Fsp3) is 0.389. The van der Waals surface area contributed by atoms with Crippen molar-refractivity contribution in [3.63, 3.8) is 0 Å². The summed E-state index contributed by atoms with van der Waals surface area (Å²) < 4.78 is 2.34. The van der Waals surface area contributed by atoms with Crippen molar-refractivity contribution in [1.82, 2.24) is 14.8 Å². The predicted molar refractivity (Wildman–Crippen MR) is 102 cm³/mol. The molecular formula is C18H20N4O3S. The summed E-state index contributed by atoms with van der Waals surface area (Å²) >= 11 is 1.52. The summed E-state index contributed by atoms with van der Waals surface area (Å²) in [4.78, 5) is 12.8. The van der Waals surface area contributed by atoms with Gasteiger partial charge in [0.2, 0.25) is 5.95 Å². The Labute approximate surface area is 153 Å². The molecule has 1 aromatic carbocycles. The van der Waals surface area contributed by atoms with Crippen LogP contribution in [0.1, 0.15) is 26.2 Å². The molecule has 0 amide bonds. The maximum Gasteiger partial charge on any atom is 0.281 e. The fourth-order valence-electron chi connectivity index (χ4n) is 3.50. The van der Waals surface area contributed by atoms with E-state index in [1.165, 1.54) is 15.9 Å². The van der Waals surface area contributed by atoms with E-state index in [1.54, 1.807) is 13.1 Å². The molecule has 3 aromatic rings. The van der Waals surface area contributed by atoms with Gasteiger partial charge in [0, 0.05) is 23.2 Å². The van der Waals surface area contributed by atoms with Gasteiger partial charge in [-0.3, -0.25) is 9.36 Å². The number of anilines is 1. The highest BCUT2D eigenvalue weighted by Crippen LogP contribution is 2.36. The number of phenolic OH excluding ortho intramolecular Hbond substituents is 1. The van der Waals surface area contributed by atoms with Gasteiger partial charge in [0.15, 0.2) is 5.69 Å². The van der Waals surface area contributed by atoms with Gasteiger partial charge in [-0.15, -0.1) is 21.5 Å². The lowest BCUT2D eigenvalue weighted by atomic mass is 10.1. The number of hydrogen-bond acceptors (Lipinski definition) is 7. The minimum Gasteiger partial charge on any atom is -0.507 e.